The van der Waals surface area contributed by atoms with E-state index < -0.39 is 11.4 Å². The first-order chi connectivity index (χ1) is 12.6. The van der Waals surface area contributed by atoms with E-state index in [0.29, 0.717) is 32.0 Å². The number of nitrogens with zero attached hydrogens (tertiary/aromatic N) is 4. The van der Waals surface area contributed by atoms with Gasteiger partial charge in [-0.25, -0.2) is 14.8 Å². The van der Waals surface area contributed by atoms with Gasteiger partial charge in [0.2, 0.25) is 5.95 Å². The van der Waals surface area contributed by atoms with E-state index in [1.807, 2.05) is 0 Å². The van der Waals surface area contributed by atoms with Gasteiger partial charge >= 0.3 is 12.0 Å². The van der Waals surface area contributed by atoms with Crippen molar-refractivity contribution >= 4 is 17.9 Å². The lowest BCUT2D eigenvalue weighted by Gasteiger charge is -2.34. The second-order valence-corrected chi connectivity index (χ2v) is 7.71. The Bertz CT molecular complexity index is 685. The third-order valence-corrected chi connectivity index (χ3v) is 6.17. The normalized spacial score (nSPS) is 30.9. The molecule has 26 heavy (non-hydrogen) atoms. The average molecular weight is 359 g/mol. The van der Waals surface area contributed by atoms with Gasteiger partial charge in [0, 0.05) is 44.6 Å². The highest BCUT2D eigenvalue weighted by Crippen LogP contribution is 2.48. The highest BCUT2D eigenvalue weighted by molar-refractivity contribution is 5.80. The quantitative estimate of drug-likeness (QED) is 0.845. The van der Waals surface area contributed by atoms with Crippen LogP contribution in [0.15, 0.2) is 18.5 Å². The highest BCUT2D eigenvalue weighted by atomic mass is 16.4. The van der Waals surface area contributed by atoms with Gasteiger partial charge in [-0.15, -0.1) is 0 Å². The van der Waals surface area contributed by atoms with E-state index in [2.05, 4.69) is 20.2 Å². The smallest absolute Gasteiger partial charge is 0.317 e. The molecule has 0 bridgehead atoms. The monoisotopic (exact) mass is 359 g/mol. The molecule has 3 atom stereocenters. The molecule has 0 spiro atoms. The van der Waals surface area contributed by atoms with E-state index in [0.717, 1.165) is 32.2 Å². The van der Waals surface area contributed by atoms with Crippen LogP contribution in [0.4, 0.5) is 10.7 Å². The maximum Gasteiger partial charge on any atom is 0.317 e. The van der Waals surface area contributed by atoms with Crippen LogP contribution in [-0.4, -0.2) is 64.2 Å². The van der Waals surface area contributed by atoms with Crippen molar-refractivity contribution in [2.75, 3.05) is 31.1 Å². The Morgan fingerprint density at radius 2 is 2.00 bits per heavy atom. The minimum Gasteiger partial charge on any atom is -0.481 e. The molecule has 3 heterocycles. The molecule has 2 aliphatic heterocycles. The first kappa shape index (κ1) is 17.1. The van der Waals surface area contributed by atoms with Gasteiger partial charge in [0.05, 0.1) is 5.41 Å². The maximum absolute atomic E-state index is 12.7. The summed E-state index contributed by atoms with van der Waals surface area (Å²) < 4.78 is 0. The number of nitrogens with one attached hydrogen (secondary N) is 1. The fraction of sp³-hybridized carbons (Fsp3) is 0.667. The molecule has 2 N–H and O–H groups in total. The van der Waals surface area contributed by atoms with Gasteiger partial charge in [0.25, 0.3) is 0 Å². The second-order valence-electron chi connectivity index (χ2n) is 7.71. The SMILES string of the molecule is O=C(NC1CCCN(c2ncccn2)C1)N1C[C@@H]2CCC[C@@]2(C(=O)O)C1. The van der Waals surface area contributed by atoms with Crippen molar-refractivity contribution in [3.8, 4) is 0 Å². The van der Waals surface area contributed by atoms with Crippen molar-refractivity contribution in [1.82, 2.24) is 20.2 Å². The Balaban J connectivity index is 1.37. The number of fused-ring (bicyclic) bond motifs is 1. The van der Waals surface area contributed by atoms with Gasteiger partial charge in [-0.3, -0.25) is 4.79 Å². The van der Waals surface area contributed by atoms with Gasteiger partial charge in [-0.05, 0) is 37.7 Å². The third-order valence-electron chi connectivity index (χ3n) is 6.17. The number of anilines is 1. The number of carboxylic acids is 1. The van der Waals surface area contributed by atoms with Crippen LogP contribution in [0.25, 0.3) is 0 Å². The van der Waals surface area contributed by atoms with Gasteiger partial charge in [-0.2, -0.15) is 0 Å². The lowest BCUT2D eigenvalue weighted by atomic mass is 9.81. The van der Waals surface area contributed by atoms with Crippen LogP contribution in [0.1, 0.15) is 32.1 Å². The van der Waals surface area contributed by atoms with E-state index in [4.69, 9.17) is 0 Å². The number of carbonyl (C=O) groups is 2. The van der Waals surface area contributed by atoms with Crippen molar-refractivity contribution in [3.63, 3.8) is 0 Å². The van der Waals surface area contributed by atoms with E-state index >= 15 is 0 Å². The molecule has 1 aliphatic carbocycles. The highest BCUT2D eigenvalue weighted by Gasteiger charge is 2.55. The third kappa shape index (κ3) is 2.97. The molecule has 8 heteroatoms. The minimum absolute atomic E-state index is 0.0290. The summed E-state index contributed by atoms with van der Waals surface area (Å²) in [6.45, 7) is 2.44. The topological polar surface area (TPSA) is 98.7 Å². The Morgan fingerprint density at radius 1 is 1.19 bits per heavy atom. The van der Waals surface area contributed by atoms with Gasteiger partial charge in [0.15, 0.2) is 0 Å². The Kier molecular flexibility index (Phi) is 4.42. The van der Waals surface area contributed by atoms with Crippen molar-refractivity contribution in [2.24, 2.45) is 11.3 Å². The van der Waals surface area contributed by atoms with Crippen LogP contribution < -0.4 is 10.2 Å². The largest absolute Gasteiger partial charge is 0.481 e. The Labute approximate surface area is 152 Å². The summed E-state index contributed by atoms with van der Waals surface area (Å²) in [5, 5.41) is 12.8. The van der Waals surface area contributed by atoms with Crippen LogP contribution in [0.5, 0.6) is 0 Å². The second kappa shape index (κ2) is 6.74. The predicted molar refractivity (Wildman–Crippen MR) is 94.8 cm³/mol. The van der Waals surface area contributed by atoms with Crippen LogP contribution in [-0.2, 0) is 4.79 Å². The lowest BCUT2D eigenvalue weighted by molar-refractivity contribution is -0.149. The number of aliphatic carboxylic acids is 1. The standard InChI is InChI=1S/C18H25N5O3/c24-15(25)18-6-1-4-13(18)10-23(12-18)17(26)21-14-5-2-9-22(11-14)16-19-7-3-8-20-16/h3,7-8,13-14H,1-2,4-6,9-12H2,(H,21,26)(H,24,25)/t13-,14?,18+/m0/s1. The van der Waals surface area contributed by atoms with Crippen molar-refractivity contribution < 1.29 is 14.7 Å². The fourth-order valence-electron chi connectivity index (χ4n) is 4.79. The molecule has 4 rings (SSSR count). The molecular formula is C18H25N5O3. The summed E-state index contributed by atoms with van der Waals surface area (Å²) in [4.78, 5) is 36.9. The van der Waals surface area contributed by atoms with E-state index in [9.17, 15) is 14.7 Å². The fourth-order valence-corrected chi connectivity index (χ4v) is 4.79. The predicted octanol–water partition coefficient (Wildman–Crippen LogP) is 1.34. The number of carbonyl (C=O) groups excluding carboxylic acids is 1. The van der Waals surface area contributed by atoms with Gasteiger partial charge < -0.3 is 20.2 Å². The number of carboxylic acid groups (broad SMARTS) is 1. The molecular weight excluding hydrogens is 334 g/mol. The molecule has 1 aromatic rings. The van der Waals surface area contributed by atoms with E-state index in [1.165, 1.54) is 0 Å². The average Bonchev–Trinajstić information content (AvgIpc) is 3.21. The number of amides is 2. The molecule has 140 valence electrons. The molecule has 8 nitrogen and oxygen atoms in total. The zero-order chi connectivity index (χ0) is 18.1. The summed E-state index contributed by atoms with van der Waals surface area (Å²) in [5.41, 5.74) is -0.728. The van der Waals surface area contributed by atoms with Crippen LogP contribution in [0.3, 0.4) is 0 Å². The first-order valence-electron chi connectivity index (χ1n) is 9.39. The minimum atomic E-state index is -0.750. The van der Waals surface area contributed by atoms with Gasteiger partial charge in [-0.1, -0.05) is 6.42 Å². The van der Waals surface area contributed by atoms with E-state index in [1.54, 1.807) is 23.4 Å². The summed E-state index contributed by atoms with van der Waals surface area (Å²) in [7, 11) is 0. The molecule has 0 radical (unpaired) electrons. The molecule has 0 aromatic carbocycles. The van der Waals surface area contributed by atoms with Crippen LogP contribution in [0.2, 0.25) is 0 Å². The van der Waals surface area contributed by atoms with Crippen LogP contribution in [0, 0.1) is 11.3 Å². The molecule has 2 saturated heterocycles. The van der Waals surface area contributed by atoms with Crippen molar-refractivity contribution in [3.05, 3.63) is 18.5 Å². The number of likely N-dealkylation sites (tertiary alicyclic amines) is 1. The lowest BCUT2D eigenvalue weighted by Crippen LogP contribution is -2.52. The molecule has 1 saturated carbocycles. The molecule has 1 unspecified atom stereocenters. The Morgan fingerprint density at radius 3 is 2.73 bits per heavy atom. The zero-order valence-corrected chi connectivity index (χ0v) is 14.8. The summed E-state index contributed by atoms with van der Waals surface area (Å²) in [5.74, 6) is 0.0266. The number of urea groups is 1. The maximum atomic E-state index is 12.7. The van der Waals surface area contributed by atoms with Crippen molar-refractivity contribution in [1.29, 1.82) is 0 Å². The first-order valence-corrected chi connectivity index (χ1v) is 9.39. The molecule has 3 aliphatic rings. The molecule has 1 aromatic heterocycles. The number of hydrogen-bond acceptors (Lipinski definition) is 5. The molecule has 2 amide bonds. The zero-order valence-electron chi connectivity index (χ0n) is 14.8. The Hall–Kier alpha value is -2.38. The number of rotatable bonds is 3. The van der Waals surface area contributed by atoms with E-state index in [-0.39, 0.29) is 18.0 Å². The van der Waals surface area contributed by atoms with Crippen LogP contribution >= 0.6 is 0 Å². The summed E-state index contributed by atoms with van der Waals surface area (Å²) in [6, 6.07) is 1.68. The number of piperidine rings is 1. The summed E-state index contributed by atoms with van der Waals surface area (Å²) in [6.07, 6.45) is 7.85. The van der Waals surface area contributed by atoms with Gasteiger partial charge in [0.1, 0.15) is 0 Å². The number of hydrogen-bond donors (Lipinski definition) is 2. The number of aromatic nitrogens is 2. The molecule has 3 fully saturated rings. The van der Waals surface area contributed by atoms with Crippen molar-refractivity contribution in [2.45, 2.75) is 38.1 Å². The summed E-state index contributed by atoms with van der Waals surface area (Å²) >= 11 is 0.